The van der Waals surface area contributed by atoms with Crippen molar-refractivity contribution in [3.63, 3.8) is 0 Å². The van der Waals surface area contributed by atoms with Gasteiger partial charge in [-0.1, -0.05) is 33.3 Å². The third-order valence-corrected chi connectivity index (χ3v) is 7.56. The summed E-state index contributed by atoms with van der Waals surface area (Å²) < 4.78 is 12.1. The van der Waals surface area contributed by atoms with Gasteiger partial charge in [0, 0.05) is 13.3 Å². The monoisotopic (exact) mass is 378 g/mol. The molecule has 1 heterocycles. The van der Waals surface area contributed by atoms with E-state index in [-0.39, 0.29) is 23.5 Å². The van der Waals surface area contributed by atoms with Gasteiger partial charge in [0.2, 0.25) is 0 Å². The fourth-order valence-corrected chi connectivity index (χ4v) is 6.91. The standard InChI is InChI=1S/C22H34O5/c1-8-20(5)12-14(24)16-21(6)11-9-10-19(3,4)17(21)15(25)18(26-13(2)23)22(16,7)27-20/h8,15-18,25H,1,9-12H2,2-7H3/t15-,16-,17-,18-,20-,21+,22-/m0/s1. The van der Waals surface area contributed by atoms with Crippen molar-refractivity contribution in [3.8, 4) is 0 Å². The number of ether oxygens (including phenoxy) is 2. The van der Waals surface area contributed by atoms with Gasteiger partial charge in [-0.3, -0.25) is 9.59 Å². The number of esters is 1. The van der Waals surface area contributed by atoms with Gasteiger partial charge in [-0.25, -0.2) is 0 Å². The first-order chi connectivity index (χ1) is 12.3. The van der Waals surface area contributed by atoms with Crippen molar-refractivity contribution < 1.29 is 24.2 Å². The van der Waals surface area contributed by atoms with Crippen LogP contribution in [-0.4, -0.2) is 40.3 Å². The molecule has 1 saturated heterocycles. The van der Waals surface area contributed by atoms with Crippen molar-refractivity contribution in [2.45, 2.75) is 90.6 Å². The molecule has 3 rings (SSSR count). The molecule has 5 heteroatoms. The molecule has 2 saturated carbocycles. The van der Waals surface area contributed by atoms with Gasteiger partial charge < -0.3 is 14.6 Å². The average Bonchev–Trinajstić information content (AvgIpc) is 2.49. The van der Waals surface area contributed by atoms with E-state index in [1.165, 1.54) is 6.92 Å². The van der Waals surface area contributed by atoms with Crippen LogP contribution >= 0.6 is 0 Å². The highest BCUT2D eigenvalue weighted by Gasteiger charge is 2.71. The van der Waals surface area contributed by atoms with Gasteiger partial charge in [0.25, 0.3) is 0 Å². The van der Waals surface area contributed by atoms with E-state index in [9.17, 15) is 14.7 Å². The summed E-state index contributed by atoms with van der Waals surface area (Å²) in [4.78, 5) is 25.4. The largest absolute Gasteiger partial charge is 0.457 e. The predicted octanol–water partition coefficient (Wildman–Crippen LogP) is 3.43. The lowest BCUT2D eigenvalue weighted by molar-refractivity contribution is -0.307. The maximum absolute atomic E-state index is 13.5. The van der Waals surface area contributed by atoms with Crippen molar-refractivity contribution in [2.75, 3.05) is 0 Å². The highest BCUT2D eigenvalue weighted by Crippen LogP contribution is 2.65. The number of rotatable bonds is 2. The summed E-state index contributed by atoms with van der Waals surface area (Å²) in [6.07, 6.45) is 2.94. The Morgan fingerprint density at radius 3 is 2.44 bits per heavy atom. The summed E-state index contributed by atoms with van der Waals surface area (Å²) >= 11 is 0. The molecule has 7 atom stereocenters. The predicted molar refractivity (Wildman–Crippen MR) is 102 cm³/mol. The lowest BCUT2D eigenvalue weighted by Gasteiger charge is -2.67. The second-order valence-corrected chi connectivity index (χ2v) is 10.2. The number of Topliss-reactive ketones (excluding diaryl/α,β-unsaturated/α-hetero) is 1. The first-order valence-corrected chi connectivity index (χ1v) is 10.0. The second-order valence-electron chi connectivity index (χ2n) is 10.2. The van der Waals surface area contributed by atoms with Gasteiger partial charge >= 0.3 is 5.97 Å². The molecular formula is C22H34O5. The zero-order valence-electron chi connectivity index (χ0n) is 17.5. The van der Waals surface area contributed by atoms with E-state index in [1.807, 2.05) is 13.8 Å². The highest BCUT2D eigenvalue weighted by molar-refractivity contribution is 5.86. The quantitative estimate of drug-likeness (QED) is 0.589. The normalized spacial score (nSPS) is 48.9. The Kier molecular flexibility index (Phi) is 4.68. The van der Waals surface area contributed by atoms with Crippen molar-refractivity contribution in [3.05, 3.63) is 12.7 Å². The van der Waals surface area contributed by atoms with Crippen LogP contribution in [0.3, 0.4) is 0 Å². The zero-order valence-corrected chi connectivity index (χ0v) is 17.5. The number of aliphatic hydroxyl groups excluding tert-OH is 1. The van der Waals surface area contributed by atoms with E-state index in [1.54, 1.807) is 6.08 Å². The molecule has 0 radical (unpaired) electrons. The molecule has 5 nitrogen and oxygen atoms in total. The molecule has 152 valence electrons. The van der Waals surface area contributed by atoms with Crippen molar-refractivity contribution >= 4 is 11.8 Å². The summed E-state index contributed by atoms with van der Waals surface area (Å²) in [6.45, 7) is 15.2. The van der Waals surface area contributed by atoms with Gasteiger partial charge in [-0.2, -0.15) is 0 Å². The van der Waals surface area contributed by atoms with Gasteiger partial charge in [0.05, 0.1) is 17.6 Å². The third kappa shape index (κ3) is 2.89. The van der Waals surface area contributed by atoms with Crippen LogP contribution in [0.25, 0.3) is 0 Å². The van der Waals surface area contributed by atoms with Crippen molar-refractivity contribution in [2.24, 2.45) is 22.7 Å². The Balaban J connectivity index is 2.20. The van der Waals surface area contributed by atoms with Gasteiger partial charge in [0.15, 0.2) is 6.10 Å². The number of hydrogen-bond donors (Lipinski definition) is 1. The van der Waals surface area contributed by atoms with E-state index in [4.69, 9.17) is 9.47 Å². The summed E-state index contributed by atoms with van der Waals surface area (Å²) in [7, 11) is 0. The maximum Gasteiger partial charge on any atom is 0.303 e. The molecule has 0 aromatic rings. The minimum Gasteiger partial charge on any atom is -0.457 e. The third-order valence-electron chi connectivity index (χ3n) is 7.56. The van der Waals surface area contributed by atoms with E-state index in [0.717, 1.165) is 19.3 Å². The Morgan fingerprint density at radius 2 is 1.89 bits per heavy atom. The molecular weight excluding hydrogens is 344 g/mol. The lowest BCUT2D eigenvalue weighted by atomic mass is 9.42. The average molecular weight is 379 g/mol. The van der Waals surface area contributed by atoms with E-state index in [0.29, 0.717) is 0 Å². The molecule has 0 amide bonds. The first kappa shape index (κ1) is 20.5. The van der Waals surface area contributed by atoms with Gasteiger partial charge in [-0.15, -0.1) is 6.58 Å². The van der Waals surface area contributed by atoms with Crippen molar-refractivity contribution in [1.29, 1.82) is 0 Å². The zero-order chi connectivity index (χ0) is 20.4. The molecule has 3 fully saturated rings. The minimum atomic E-state index is -1.10. The molecule has 0 aromatic carbocycles. The Labute approximate surface area is 162 Å². The van der Waals surface area contributed by atoms with E-state index < -0.39 is 40.7 Å². The molecule has 0 bridgehead atoms. The Morgan fingerprint density at radius 1 is 1.26 bits per heavy atom. The van der Waals surface area contributed by atoms with E-state index >= 15 is 0 Å². The van der Waals surface area contributed by atoms with Gasteiger partial charge in [-0.05, 0) is 43.4 Å². The Hall–Kier alpha value is -1.20. The molecule has 1 aliphatic heterocycles. The maximum atomic E-state index is 13.5. The lowest BCUT2D eigenvalue weighted by Crippen LogP contribution is -2.75. The minimum absolute atomic E-state index is 0.111. The summed E-state index contributed by atoms with van der Waals surface area (Å²) in [5.74, 6) is -0.948. The number of aliphatic hydroxyl groups is 1. The van der Waals surface area contributed by atoms with Crippen LogP contribution in [-0.2, 0) is 19.1 Å². The Bertz CT molecular complexity index is 670. The number of fused-ring (bicyclic) bond motifs is 3. The number of ketones is 1. The fraction of sp³-hybridized carbons (Fsp3) is 0.818. The van der Waals surface area contributed by atoms with Crippen LogP contribution in [0.2, 0.25) is 0 Å². The molecule has 0 unspecified atom stereocenters. The SMILES string of the molecule is C=C[C@@]1(C)CC(=O)[C@H]2[C@@]3(C)CCCC(C)(C)[C@@H]3[C@H](O)[C@H](OC(C)=O)[C@@]2(C)O1. The van der Waals surface area contributed by atoms with Crippen LogP contribution in [0.4, 0.5) is 0 Å². The number of hydrogen-bond acceptors (Lipinski definition) is 5. The van der Waals surface area contributed by atoms with Crippen LogP contribution in [0.5, 0.6) is 0 Å². The highest BCUT2D eigenvalue weighted by atomic mass is 16.6. The van der Waals surface area contributed by atoms with Crippen molar-refractivity contribution in [1.82, 2.24) is 0 Å². The van der Waals surface area contributed by atoms with Crippen LogP contribution in [0, 0.1) is 22.7 Å². The first-order valence-electron chi connectivity index (χ1n) is 10.0. The molecule has 2 aliphatic carbocycles. The van der Waals surface area contributed by atoms with Gasteiger partial charge in [0.1, 0.15) is 11.4 Å². The van der Waals surface area contributed by atoms with Crippen LogP contribution in [0.15, 0.2) is 12.7 Å². The molecule has 27 heavy (non-hydrogen) atoms. The second kappa shape index (κ2) is 6.15. The van der Waals surface area contributed by atoms with Crippen LogP contribution < -0.4 is 0 Å². The summed E-state index contributed by atoms with van der Waals surface area (Å²) in [6, 6.07) is 0. The van der Waals surface area contributed by atoms with Crippen LogP contribution in [0.1, 0.15) is 67.2 Å². The number of carbonyl (C=O) groups is 2. The number of carbonyl (C=O) groups excluding carboxylic acids is 2. The smallest absolute Gasteiger partial charge is 0.303 e. The summed E-state index contributed by atoms with van der Waals surface area (Å²) in [5.41, 5.74) is -2.51. The topological polar surface area (TPSA) is 72.8 Å². The fourth-order valence-electron chi connectivity index (χ4n) is 6.91. The molecule has 1 N–H and O–H groups in total. The molecule has 0 aromatic heterocycles. The van der Waals surface area contributed by atoms with E-state index in [2.05, 4.69) is 27.4 Å². The molecule has 3 aliphatic rings. The summed E-state index contributed by atoms with van der Waals surface area (Å²) in [5, 5.41) is 11.5. The molecule has 0 spiro atoms.